The van der Waals surface area contributed by atoms with Gasteiger partial charge in [0, 0.05) is 18.0 Å². The van der Waals surface area contributed by atoms with Gasteiger partial charge < -0.3 is 15.4 Å². The fourth-order valence-electron chi connectivity index (χ4n) is 2.85. The number of alkyl carbamates (subject to hydrolysis) is 1. The summed E-state index contributed by atoms with van der Waals surface area (Å²) < 4.78 is 5.27. The molecule has 0 aromatic rings. The van der Waals surface area contributed by atoms with Crippen molar-refractivity contribution in [1.82, 2.24) is 10.6 Å². The standard InChI is InChI=1S/C16H28N2O3/c1-16(2,3)21-15(20)18-13-9-7-12(8-10-13)17-14(19)11-5-4-6-11/h11-13H,4-10H2,1-3H3,(H,17,19)(H,18,20). The second-order valence-corrected chi connectivity index (χ2v) is 7.33. The predicted molar refractivity (Wildman–Crippen MR) is 80.9 cm³/mol. The molecule has 0 aromatic carbocycles. The Morgan fingerprint density at radius 3 is 1.86 bits per heavy atom. The second kappa shape index (κ2) is 6.67. The number of rotatable bonds is 3. The molecule has 0 saturated heterocycles. The number of ether oxygens (including phenoxy) is 1. The largest absolute Gasteiger partial charge is 0.444 e. The van der Waals surface area contributed by atoms with Crippen LogP contribution in [0, 0.1) is 5.92 Å². The molecule has 0 bridgehead atoms. The third-order valence-corrected chi connectivity index (χ3v) is 4.27. The first-order valence-corrected chi connectivity index (χ1v) is 8.13. The first kappa shape index (κ1) is 16.1. The molecule has 2 N–H and O–H groups in total. The molecule has 0 atom stereocenters. The highest BCUT2D eigenvalue weighted by molar-refractivity contribution is 5.79. The third-order valence-electron chi connectivity index (χ3n) is 4.27. The van der Waals surface area contributed by atoms with Crippen LogP contribution in [0.1, 0.15) is 65.7 Å². The molecule has 2 fully saturated rings. The maximum absolute atomic E-state index is 11.9. The Labute approximate surface area is 127 Å². The van der Waals surface area contributed by atoms with Crippen LogP contribution in [-0.2, 0) is 9.53 Å². The van der Waals surface area contributed by atoms with Crippen molar-refractivity contribution in [1.29, 1.82) is 0 Å². The lowest BCUT2D eigenvalue weighted by molar-refractivity contribution is -0.128. The highest BCUT2D eigenvalue weighted by atomic mass is 16.6. The summed E-state index contributed by atoms with van der Waals surface area (Å²) in [4.78, 5) is 23.6. The van der Waals surface area contributed by atoms with E-state index >= 15 is 0 Å². The van der Waals surface area contributed by atoms with Gasteiger partial charge in [0.15, 0.2) is 0 Å². The van der Waals surface area contributed by atoms with Crippen molar-refractivity contribution < 1.29 is 14.3 Å². The van der Waals surface area contributed by atoms with Crippen molar-refractivity contribution in [2.75, 3.05) is 0 Å². The highest BCUT2D eigenvalue weighted by Gasteiger charge is 2.29. The second-order valence-electron chi connectivity index (χ2n) is 7.33. The van der Waals surface area contributed by atoms with Gasteiger partial charge in [-0.1, -0.05) is 6.42 Å². The van der Waals surface area contributed by atoms with Crippen LogP contribution in [0.15, 0.2) is 0 Å². The molecule has 2 amide bonds. The van der Waals surface area contributed by atoms with Crippen LogP contribution in [0.2, 0.25) is 0 Å². The summed E-state index contributed by atoms with van der Waals surface area (Å²) in [7, 11) is 0. The summed E-state index contributed by atoms with van der Waals surface area (Å²) in [6, 6.07) is 0.437. The lowest BCUT2D eigenvalue weighted by Crippen LogP contribution is -2.46. The molecule has 0 spiro atoms. The summed E-state index contributed by atoms with van der Waals surface area (Å²) in [6.45, 7) is 5.58. The molecule has 2 rings (SSSR count). The normalized spacial score (nSPS) is 26.6. The summed E-state index contributed by atoms with van der Waals surface area (Å²) >= 11 is 0. The molecular formula is C16H28N2O3. The van der Waals surface area contributed by atoms with Crippen LogP contribution < -0.4 is 10.6 Å². The van der Waals surface area contributed by atoms with Gasteiger partial charge in [-0.15, -0.1) is 0 Å². The zero-order valence-corrected chi connectivity index (χ0v) is 13.4. The highest BCUT2D eigenvalue weighted by Crippen LogP contribution is 2.27. The van der Waals surface area contributed by atoms with Gasteiger partial charge in [0.05, 0.1) is 0 Å². The van der Waals surface area contributed by atoms with Crippen LogP contribution in [0.25, 0.3) is 0 Å². The topological polar surface area (TPSA) is 67.4 Å². The van der Waals surface area contributed by atoms with Crippen LogP contribution >= 0.6 is 0 Å². The number of carbonyl (C=O) groups is 2. The van der Waals surface area contributed by atoms with E-state index in [0.29, 0.717) is 0 Å². The number of hydrogen-bond donors (Lipinski definition) is 2. The molecule has 2 saturated carbocycles. The van der Waals surface area contributed by atoms with Gasteiger partial charge in [-0.2, -0.15) is 0 Å². The minimum absolute atomic E-state index is 0.164. The average Bonchev–Trinajstić information content (AvgIpc) is 2.26. The van der Waals surface area contributed by atoms with E-state index in [-0.39, 0.29) is 30.0 Å². The zero-order valence-electron chi connectivity index (χ0n) is 13.4. The minimum atomic E-state index is -0.460. The number of hydrogen-bond acceptors (Lipinski definition) is 3. The summed E-state index contributed by atoms with van der Waals surface area (Å²) in [5.41, 5.74) is -0.460. The van der Waals surface area contributed by atoms with Crippen molar-refractivity contribution in [3.8, 4) is 0 Å². The van der Waals surface area contributed by atoms with Crippen molar-refractivity contribution in [3.05, 3.63) is 0 Å². The molecule has 5 nitrogen and oxygen atoms in total. The van der Waals surface area contributed by atoms with Crippen molar-refractivity contribution in [2.24, 2.45) is 5.92 Å². The van der Waals surface area contributed by atoms with E-state index < -0.39 is 5.60 Å². The van der Waals surface area contributed by atoms with Crippen molar-refractivity contribution >= 4 is 12.0 Å². The number of carbonyl (C=O) groups excluding carboxylic acids is 2. The lowest BCUT2D eigenvalue weighted by Gasteiger charge is -2.32. The molecule has 0 unspecified atom stereocenters. The Hall–Kier alpha value is -1.26. The number of amides is 2. The van der Waals surface area contributed by atoms with Gasteiger partial charge in [0.25, 0.3) is 0 Å². The molecule has 0 radical (unpaired) electrons. The molecule has 120 valence electrons. The Morgan fingerprint density at radius 1 is 0.905 bits per heavy atom. The quantitative estimate of drug-likeness (QED) is 0.841. The van der Waals surface area contributed by atoms with Gasteiger partial charge in [0.1, 0.15) is 5.60 Å². The maximum Gasteiger partial charge on any atom is 0.407 e. The third kappa shape index (κ3) is 5.21. The van der Waals surface area contributed by atoms with Gasteiger partial charge in [-0.25, -0.2) is 4.79 Å². The van der Waals surface area contributed by atoms with Gasteiger partial charge in [-0.05, 0) is 59.3 Å². The SMILES string of the molecule is CC(C)(C)OC(=O)NC1CCC(NC(=O)C2CCC2)CC1. The Kier molecular flexibility index (Phi) is 5.12. The van der Waals surface area contributed by atoms with E-state index in [1.165, 1.54) is 6.42 Å². The Bertz CT molecular complexity index is 377. The molecular weight excluding hydrogens is 268 g/mol. The van der Waals surface area contributed by atoms with Gasteiger partial charge >= 0.3 is 6.09 Å². The molecule has 5 heteroatoms. The van der Waals surface area contributed by atoms with E-state index in [9.17, 15) is 9.59 Å². The summed E-state index contributed by atoms with van der Waals surface area (Å²) in [6.07, 6.45) is 6.58. The smallest absolute Gasteiger partial charge is 0.407 e. The summed E-state index contributed by atoms with van der Waals surface area (Å²) in [5, 5.41) is 6.07. The van der Waals surface area contributed by atoms with Gasteiger partial charge in [-0.3, -0.25) is 4.79 Å². The van der Waals surface area contributed by atoms with Crippen molar-refractivity contribution in [3.63, 3.8) is 0 Å². The average molecular weight is 296 g/mol. The van der Waals surface area contributed by atoms with E-state index in [4.69, 9.17) is 4.74 Å². The van der Waals surface area contributed by atoms with E-state index in [2.05, 4.69) is 10.6 Å². The fraction of sp³-hybridized carbons (Fsp3) is 0.875. The first-order valence-electron chi connectivity index (χ1n) is 8.13. The Morgan fingerprint density at radius 2 is 1.43 bits per heavy atom. The molecule has 21 heavy (non-hydrogen) atoms. The maximum atomic E-state index is 11.9. The van der Waals surface area contributed by atoms with E-state index in [0.717, 1.165) is 38.5 Å². The zero-order chi connectivity index (χ0) is 15.5. The van der Waals surface area contributed by atoms with Crippen LogP contribution in [0.4, 0.5) is 4.79 Å². The van der Waals surface area contributed by atoms with E-state index in [1.807, 2.05) is 20.8 Å². The van der Waals surface area contributed by atoms with Crippen LogP contribution in [0.5, 0.6) is 0 Å². The molecule has 2 aliphatic rings. The van der Waals surface area contributed by atoms with Gasteiger partial charge in [0.2, 0.25) is 5.91 Å². The molecule has 0 aromatic heterocycles. The molecule has 0 heterocycles. The first-order chi connectivity index (χ1) is 9.83. The van der Waals surface area contributed by atoms with Crippen molar-refractivity contribution in [2.45, 2.75) is 83.4 Å². The predicted octanol–water partition coefficient (Wildman–Crippen LogP) is 2.74. The van der Waals surface area contributed by atoms with Crippen LogP contribution in [0.3, 0.4) is 0 Å². The van der Waals surface area contributed by atoms with E-state index in [1.54, 1.807) is 0 Å². The lowest BCUT2D eigenvalue weighted by atomic mass is 9.84. The molecule has 0 aliphatic heterocycles. The minimum Gasteiger partial charge on any atom is -0.444 e. The monoisotopic (exact) mass is 296 g/mol. The number of nitrogens with one attached hydrogen (secondary N) is 2. The summed E-state index contributed by atoms with van der Waals surface area (Å²) in [5.74, 6) is 0.479. The fourth-order valence-corrected chi connectivity index (χ4v) is 2.85. The molecule has 2 aliphatic carbocycles. The Balaban J connectivity index is 1.66. The van der Waals surface area contributed by atoms with Crippen LogP contribution in [-0.4, -0.2) is 29.7 Å².